The van der Waals surface area contributed by atoms with Gasteiger partial charge in [0, 0.05) is 17.4 Å². The molecule has 1 rings (SSSR count). The second-order valence-electron chi connectivity index (χ2n) is 4.72. The third-order valence-corrected chi connectivity index (χ3v) is 1.93. The highest BCUT2D eigenvalue weighted by atomic mass is 16.1. The van der Waals surface area contributed by atoms with E-state index in [1.54, 1.807) is 6.07 Å². The molecule has 0 saturated carbocycles. The number of anilines is 1. The van der Waals surface area contributed by atoms with Crippen LogP contribution in [-0.4, -0.2) is 16.4 Å². The number of hydrogen-bond donors (Lipinski definition) is 3. The average Bonchev–Trinajstić information content (AvgIpc) is 2.14. The van der Waals surface area contributed by atoms with E-state index < -0.39 is 0 Å². The number of aryl methyl sites for hydroxylation is 1. The van der Waals surface area contributed by atoms with Gasteiger partial charge in [-0.15, -0.1) is 0 Å². The first-order valence-corrected chi connectivity index (χ1v) is 5.09. The molecule has 0 aliphatic heterocycles. The number of aromatic nitrogens is 1. The normalized spacial score (nSPS) is 11.1. The van der Waals surface area contributed by atoms with E-state index in [0.29, 0.717) is 11.3 Å². The maximum atomic E-state index is 11.9. The molecule has 16 heavy (non-hydrogen) atoms. The summed E-state index contributed by atoms with van der Waals surface area (Å²) in [4.78, 5) is 16.0. The van der Waals surface area contributed by atoms with Gasteiger partial charge < -0.3 is 10.7 Å². The number of pyridine rings is 1. The Morgan fingerprint density at radius 2 is 2.06 bits per heavy atom. The van der Waals surface area contributed by atoms with Crippen molar-refractivity contribution in [1.29, 1.82) is 0 Å². The van der Waals surface area contributed by atoms with Crippen molar-refractivity contribution in [3.63, 3.8) is 0 Å². The molecule has 1 amide bonds. The van der Waals surface area contributed by atoms with Gasteiger partial charge in [-0.1, -0.05) is 0 Å². The van der Waals surface area contributed by atoms with Crippen molar-refractivity contribution in [2.45, 2.75) is 33.2 Å². The number of hydrogen-bond acceptors (Lipinski definition) is 4. The molecule has 0 aromatic carbocycles. The lowest BCUT2D eigenvalue weighted by Gasteiger charge is -2.21. The monoisotopic (exact) mass is 222 g/mol. The first kappa shape index (κ1) is 12.4. The van der Waals surface area contributed by atoms with E-state index in [1.807, 2.05) is 27.7 Å². The Bertz CT molecular complexity index is 395. The maximum Gasteiger partial charge on any atom is 0.255 e. The largest absolute Gasteiger partial charge is 0.347 e. The maximum absolute atomic E-state index is 11.9. The molecule has 5 heteroatoms. The highest BCUT2D eigenvalue weighted by molar-refractivity contribution is 5.99. The SMILES string of the molecule is Cc1cc(NN)c(C(=O)NC(C)(C)C)cn1. The topological polar surface area (TPSA) is 80.0 Å². The van der Waals surface area contributed by atoms with Crippen LogP contribution in [0.15, 0.2) is 12.3 Å². The molecule has 0 aliphatic rings. The molecule has 88 valence electrons. The van der Waals surface area contributed by atoms with E-state index in [1.165, 1.54) is 6.20 Å². The van der Waals surface area contributed by atoms with E-state index >= 15 is 0 Å². The van der Waals surface area contributed by atoms with Crippen molar-refractivity contribution in [1.82, 2.24) is 10.3 Å². The molecule has 0 aliphatic carbocycles. The van der Waals surface area contributed by atoms with Crippen LogP contribution in [0.1, 0.15) is 36.8 Å². The zero-order chi connectivity index (χ0) is 12.3. The van der Waals surface area contributed by atoms with Gasteiger partial charge in [0.25, 0.3) is 5.91 Å². The summed E-state index contributed by atoms with van der Waals surface area (Å²) >= 11 is 0. The standard InChI is InChI=1S/C11H18N4O/c1-7-5-9(15-12)8(6-13-7)10(16)14-11(2,3)4/h5-6H,12H2,1-4H3,(H,13,15)(H,14,16). The van der Waals surface area contributed by atoms with Crippen molar-refractivity contribution in [3.8, 4) is 0 Å². The second-order valence-corrected chi connectivity index (χ2v) is 4.72. The molecule has 1 aromatic rings. The molecule has 0 radical (unpaired) electrons. The van der Waals surface area contributed by atoms with Crippen LogP contribution in [0.3, 0.4) is 0 Å². The smallest absolute Gasteiger partial charge is 0.255 e. The minimum Gasteiger partial charge on any atom is -0.347 e. The molecule has 0 atom stereocenters. The number of rotatable bonds is 2. The van der Waals surface area contributed by atoms with E-state index in [4.69, 9.17) is 5.84 Å². The molecule has 0 saturated heterocycles. The third kappa shape index (κ3) is 3.20. The quantitative estimate of drug-likeness (QED) is 0.519. The number of carbonyl (C=O) groups is 1. The zero-order valence-corrected chi connectivity index (χ0v) is 10.1. The van der Waals surface area contributed by atoms with E-state index in [2.05, 4.69) is 15.7 Å². The van der Waals surface area contributed by atoms with Crippen molar-refractivity contribution >= 4 is 11.6 Å². The minimum atomic E-state index is -0.284. The van der Waals surface area contributed by atoms with Gasteiger partial charge in [0.15, 0.2) is 0 Å². The lowest BCUT2D eigenvalue weighted by Crippen LogP contribution is -2.41. The molecular weight excluding hydrogens is 204 g/mol. The molecule has 1 heterocycles. The summed E-state index contributed by atoms with van der Waals surface area (Å²) in [5.74, 6) is 5.18. The van der Waals surface area contributed by atoms with E-state index in [0.717, 1.165) is 5.69 Å². The molecule has 0 fully saturated rings. The van der Waals surface area contributed by atoms with Crippen LogP contribution >= 0.6 is 0 Å². The van der Waals surface area contributed by atoms with E-state index in [9.17, 15) is 4.79 Å². The van der Waals surface area contributed by atoms with Gasteiger partial charge in [-0.2, -0.15) is 0 Å². The van der Waals surface area contributed by atoms with Crippen LogP contribution in [0.2, 0.25) is 0 Å². The summed E-state index contributed by atoms with van der Waals surface area (Å²) < 4.78 is 0. The van der Waals surface area contributed by atoms with E-state index in [-0.39, 0.29) is 11.4 Å². The molecule has 1 aromatic heterocycles. The van der Waals surface area contributed by atoms with Crippen LogP contribution in [0.4, 0.5) is 5.69 Å². The molecular formula is C11H18N4O. The summed E-state index contributed by atoms with van der Waals surface area (Å²) in [7, 11) is 0. The van der Waals surface area contributed by atoms with Crippen molar-refractivity contribution in [3.05, 3.63) is 23.5 Å². The molecule has 5 nitrogen and oxygen atoms in total. The molecule has 0 spiro atoms. The lowest BCUT2D eigenvalue weighted by atomic mass is 10.1. The molecule has 0 unspecified atom stereocenters. The summed E-state index contributed by atoms with van der Waals surface area (Å²) in [5.41, 5.74) is 4.05. The van der Waals surface area contributed by atoms with Gasteiger partial charge in [0.2, 0.25) is 0 Å². The minimum absolute atomic E-state index is 0.187. The van der Waals surface area contributed by atoms with Crippen LogP contribution in [0, 0.1) is 6.92 Å². The number of nitrogens with two attached hydrogens (primary N) is 1. The van der Waals surface area contributed by atoms with Crippen LogP contribution in [-0.2, 0) is 0 Å². The summed E-state index contributed by atoms with van der Waals surface area (Å²) in [6.07, 6.45) is 1.52. The Hall–Kier alpha value is -1.62. The van der Waals surface area contributed by atoms with Crippen LogP contribution in [0.25, 0.3) is 0 Å². The van der Waals surface area contributed by atoms with Crippen molar-refractivity contribution < 1.29 is 4.79 Å². The number of hydrazine groups is 1. The summed E-state index contributed by atoms with van der Waals surface area (Å²) in [5, 5.41) is 2.86. The van der Waals surface area contributed by atoms with Gasteiger partial charge in [-0.25, -0.2) is 0 Å². The Labute approximate surface area is 95.4 Å². The zero-order valence-electron chi connectivity index (χ0n) is 10.1. The number of nitrogens with zero attached hydrogens (tertiary/aromatic N) is 1. The Kier molecular flexibility index (Phi) is 3.49. The average molecular weight is 222 g/mol. The molecule has 4 N–H and O–H groups in total. The number of amides is 1. The fourth-order valence-corrected chi connectivity index (χ4v) is 1.27. The van der Waals surface area contributed by atoms with Gasteiger partial charge in [-0.3, -0.25) is 15.6 Å². The predicted octanol–water partition coefficient (Wildman–Crippen LogP) is 1.20. The number of carbonyl (C=O) groups excluding carboxylic acids is 1. The fraction of sp³-hybridized carbons (Fsp3) is 0.455. The first-order valence-electron chi connectivity index (χ1n) is 5.09. The van der Waals surface area contributed by atoms with Gasteiger partial charge in [0.1, 0.15) is 0 Å². The first-order chi connectivity index (χ1) is 7.33. The Morgan fingerprint density at radius 3 is 2.56 bits per heavy atom. The summed E-state index contributed by atoms with van der Waals surface area (Å²) in [6, 6.07) is 1.73. The summed E-state index contributed by atoms with van der Waals surface area (Å²) in [6.45, 7) is 7.60. The van der Waals surface area contributed by atoms with Crippen LogP contribution < -0.4 is 16.6 Å². The highest BCUT2D eigenvalue weighted by Crippen LogP contribution is 2.15. The third-order valence-electron chi connectivity index (χ3n) is 1.93. The number of nitrogen functional groups attached to an aromatic ring is 1. The van der Waals surface area contributed by atoms with Gasteiger partial charge >= 0.3 is 0 Å². The highest BCUT2D eigenvalue weighted by Gasteiger charge is 2.18. The van der Waals surface area contributed by atoms with Crippen molar-refractivity contribution in [2.24, 2.45) is 5.84 Å². The molecule has 0 bridgehead atoms. The Morgan fingerprint density at radius 1 is 1.44 bits per heavy atom. The predicted molar refractivity (Wildman–Crippen MR) is 64.0 cm³/mol. The Balaban J connectivity index is 2.99. The number of nitrogens with one attached hydrogen (secondary N) is 2. The second kappa shape index (κ2) is 4.49. The van der Waals surface area contributed by atoms with Crippen molar-refractivity contribution in [2.75, 3.05) is 5.43 Å². The van der Waals surface area contributed by atoms with Gasteiger partial charge in [-0.05, 0) is 33.8 Å². The fourth-order valence-electron chi connectivity index (χ4n) is 1.27. The lowest BCUT2D eigenvalue weighted by molar-refractivity contribution is 0.0920. The van der Waals surface area contributed by atoms with Gasteiger partial charge in [0.05, 0.1) is 11.3 Å². The van der Waals surface area contributed by atoms with Crippen LogP contribution in [0.5, 0.6) is 0 Å².